The second-order valence-electron chi connectivity index (χ2n) is 2.69. The molecule has 0 bridgehead atoms. The van der Waals surface area contributed by atoms with Crippen LogP contribution in [0.15, 0.2) is 6.20 Å². The molecule has 0 aliphatic rings. The number of aromatic nitrogens is 3. The van der Waals surface area contributed by atoms with Gasteiger partial charge in [-0.3, -0.25) is 0 Å². The minimum atomic E-state index is -1.16. The van der Waals surface area contributed by atoms with Crippen LogP contribution in [0.3, 0.4) is 0 Å². The minimum absolute atomic E-state index is 0.0426. The summed E-state index contributed by atoms with van der Waals surface area (Å²) in [7, 11) is 1.16. The standard InChI is InChI=1S/C7H10N4O4/c1-15-7(14)9-5(6(12)13)2-4-3-8-11-10-4/h3,5H,2H2,1H3,(H,9,14)(H,12,13)(H,8,10,11)/t5-/m0/s1. The number of ether oxygens (including phenoxy) is 1. The molecule has 1 amide bonds. The first kappa shape index (κ1) is 11.0. The molecule has 3 N–H and O–H groups in total. The number of carbonyl (C=O) groups is 2. The van der Waals surface area contributed by atoms with Crippen LogP contribution in [-0.2, 0) is 16.0 Å². The maximum atomic E-state index is 10.8. The summed E-state index contributed by atoms with van der Waals surface area (Å²) in [6.07, 6.45) is 0.626. The average Bonchev–Trinajstić information content (AvgIpc) is 2.69. The molecule has 0 radical (unpaired) electrons. The Morgan fingerprint density at radius 2 is 2.47 bits per heavy atom. The summed E-state index contributed by atoms with van der Waals surface area (Å²) >= 11 is 0. The van der Waals surface area contributed by atoms with Gasteiger partial charge < -0.3 is 15.2 Å². The van der Waals surface area contributed by atoms with E-state index in [0.29, 0.717) is 5.69 Å². The highest BCUT2D eigenvalue weighted by atomic mass is 16.5. The monoisotopic (exact) mass is 214 g/mol. The number of H-pyrrole nitrogens is 1. The Labute approximate surface area is 84.6 Å². The van der Waals surface area contributed by atoms with Gasteiger partial charge in [-0.15, -0.1) is 0 Å². The zero-order chi connectivity index (χ0) is 11.3. The number of hydrogen-bond donors (Lipinski definition) is 3. The summed E-state index contributed by atoms with van der Waals surface area (Å²) in [4.78, 5) is 21.6. The third kappa shape index (κ3) is 3.25. The number of methoxy groups -OCH3 is 1. The van der Waals surface area contributed by atoms with Crippen LogP contribution in [0.1, 0.15) is 5.69 Å². The van der Waals surface area contributed by atoms with E-state index >= 15 is 0 Å². The normalized spacial score (nSPS) is 11.8. The van der Waals surface area contributed by atoms with Gasteiger partial charge in [0.05, 0.1) is 19.0 Å². The summed E-state index contributed by atoms with van der Waals surface area (Å²) < 4.78 is 4.29. The summed E-state index contributed by atoms with van der Waals surface area (Å²) in [5, 5.41) is 20.5. The second-order valence-corrected chi connectivity index (χ2v) is 2.69. The lowest BCUT2D eigenvalue weighted by molar-refractivity contribution is -0.139. The fourth-order valence-corrected chi connectivity index (χ4v) is 0.934. The molecule has 0 aliphatic carbocycles. The molecule has 8 nitrogen and oxygen atoms in total. The molecule has 1 rings (SSSR count). The van der Waals surface area contributed by atoms with E-state index in [1.165, 1.54) is 6.20 Å². The molecule has 0 aliphatic heterocycles. The first-order valence-corrected chi connectivity index (χ1v) is 4.05. The molecular formula is C7H10N4O4. The van der Waals surface area contributed by atoms with Crippen molar-refractivity contribution in [3.8, 4) is 0 Å². The molecule has 15 heavy (non-hydrogen) atoms. The Morgan fingerprint density at radius 3 is 2.93 bits per heavy atom. The Kier molecular flexibility index (Phi) is 3.61. The van der Waals surface area contributed by atoms with E-state index < -0.39 is 18.1 Å². The van der Waals surface area contributed by atoms with Gasteiger partial charge in [0.15, 0.2) is 0 Å². The lowest BCUT2D eigenvalue weighted by Gasteiger charge is -2.11. The van der Waals surface area contributed by atoms with E-state index in [0.717, 1.165) is 7.11 Å². The molecule has 1 heterocycles. The number of aromatic amines is 1. The molecule has 0 spiro atoms. The number of carboxylic acid groups (broad SMARTS) is 1. The first-order chi connectivity index (χ1) is 7.13. The summed E-state index contributed by atoms with van der Waals surface area (Å²) in [6, 6.07) is -1.08. The van der Waals surface area contributed by atoms with Crippen molar-refractivity contribution < 1.29 is 19.4 Å². The predicted octanol–water partition coefficient (Wildman–Crippen LogP) is -0.844. The van der Waals surface area contributed by atoms with Crippen LogP contribution in [-0.4, -0.2) is 45.7 Å². The molecule has 1 aromatic rings. The molecule has 0 saturated heterocycles. The number of carboxylic acids is 1. The van der Waals surface area contributed by atoms with Crippen molar-refractivity contribution in [3.05, 3.63) is 11.9 Å². The Bertz CT molecular complexity index is 337. The van der Waals surface area contributed by atoms with Gasteiger partial charge in [-0.1, -0.05) is 0 Å². The second kappa shape index (κ2) is 4.94. The van der Waals surface area contributed by atoms with Crippen molar-refractivity contribution in [1.29, 1.82) is 0 Å². The third-order valence-corrected chi connectivity index (χ3v) is 1.65. The topological polar surface area (TPSA) is 117 Å². The van der Waals surface area contributed by atoms with Crippen LogP contribution < -0.4 is 5.32 Å². The highest BCUT2D eigenvalue weighted by Crippen LogP contribution is 1.97. The van der Waals surface area contributed by atoms with Crippen LogP contribution in [0.2, 0.25) is 0 Å². The van der Waals surface area contributed by atoms with Crippen LogP contribution in [0, 0.1) is 0 Å². The van der Waals surface area contributed by atoms with E-state index in [2.05, 4.69) is 25.5 Å². The zero-order valence-electron chi connectivity index (χ0n) is 7.93. The zero-order valence-corrected chi connectivity index (χ0v) is 7.93. The van der Waals surface area contributed by atoms with E-state index in [4.69, 9.17) is 5.11 Å². The lowest BCUT2D eigenvalue weighted by atomic mass is 10.2. The van der Waals surface area contributed by atoms with Crippen molar-refractivity contribution in [2.75, 3.05) is 7.11 Å². The van der Waals surface area contributed by atoms with Crippen LogP contribution >= 0.6 is 0 Å². The quantitative estimate of drug-likeness (QED) is 0.601. The average molecular weight is 214 g/mol. The third-order valence-electron chi connectivity index (χ3n) is 1.65. The van der Waals surface area contributed by atoms with Gasteiger partial charge in [0.1, 0.15) is 6.04 Å². The van der Waals surface area contributed by atoms with Crippen molar-refractivity contribution in [2.45, 2.75) is 12.5 Å². The number of alkyl carbamates (subject to hydrolysis) is 1. The largest absolute Gasteiger partial charge is 0.480 e. The van der Waals surface area contributed by atoms with E-state index in [-0.39, 0.29) is 6.42 Å². The Balaban J connectivity index is 2.59. The first-order valence-electron chi connectivity index (χ1n) is 4.05. The van der Waals surface area contributed by atoms with Crippen LogP contribution in [0.5, 0.6) is 0 Å². The minimum Gasteiger partial charge on any atom is -0.480 e. The number of amides is 1. The number of carbonyl (C=O) groups excluding carboxylic acids is 1. The number of nitrogens with zero attached hydrogens (tertiary/aromatic N) is 2. The summed E-state index contributed by atoms with van der Waals surface area (Å²) in [6.45, 7) is 0. The van der Waals surface area contributed by atoms with Crippen LogP contribution in [0.4, 0.5) is 4.79 Å². The van der Waals surface area contributed by atoms with Gasteiger partial charge in [0, 0.05) is 6.42 Å². The molecule has 8 heteroatoms. The lowest BCUT2D eigenvalue weighted by Crippen LogP contribution is -2.42. The van der Waals surface area contributed by atoms with Gasteiger partial charge in [-0.2, -0.15) is 15.4 Å². The highest BCUT2D eigenvalue weighted by Gasteiger charge is 2.21. The Morgan fingerprint density at radius 1 is 1.73 bits per heavy atom. The number of aliphatic carboxylic acids is 1. The van der Waals surface area contributed by atoms with E-state index in [1.807, 2.05) is 0 Å². The number of hydrogen-bond acceptors (Lipinski definition) is 5. The van der Waals surface area contributed by atoms with E-state index in [1.54, 1.807) is 0 Å². The van der Waals surface area contributed by atoms with Gasteiger partial charge in [-0.05, 0) is 0 Å². The summed E-state index contributed by atoms with van der Waals surface area (Å²) in [5.74, 6) is -1.16. The fourth-order valence-electron chi connectivity index (χ4n) is 0.934. The molecule has 1 atom stereocenters. The predicted molar refractivity (Wildman–Crippen MR) is 47.1 cm³/mol. The fraction of sp³-hybridized carbons (Fsp3) is 0.429. The molecule has 0 fully saturated rings. The van der Waals surface area contributed by atoms with Gasteiger partial charge in [0.2, 0.25) is 0 Å². The summed E-state index contributed by atoms with van der Waals surface area (Å²) in [5.41, 5.74) is 0.443. The maximum absolute atomic E-state index is 10.8. The van der Waals surface area contributed by atoms with Gasteiger partial charge in [-0.25, -0.2) is 9.59 Å². The maximum Gasteiger partial charge on any atom is 0.407 e. The van der Waals surface area contributed by atoms with Gasteiger partial charge >= 0.3 is 12.1 Å². The molecule has 0 unspecified atom stereocenters. The van der Waals surface area contributed by atoms with Crippen LogP contribution in [0.25, 0.3) is 0 Å². The molecular weight excluding hydrogens is 204 g/mol. The van der Waals surface area contributed by atoms with Crippen molar-refractivity contribution in [3.63, 3.8) is 0 Å². The van der Waals surface area contributed by atoms with Gasteiger partial charge in [0.25, 0.3) is 0 Å². The molecule has 0 saturated carbocycles. The van der Waals surface area contributed by atoms with Crippen molar-refractivity contribution >= 4 is 12.1 Å². The van der Waals surface area contributed by atoms with Crippen molar-refractivity contribution in [1.82, 2.24) is 20.7 Å². The number of rotatable bonds is 4. The molecule has 1 aromatic heterocycles. The molecule has 82 valence electrons. The smallest absolute Gasteiger partial charge is 0.407 e. The van der Waals surface area contributed by atoms with Crippen molar-refractivity contribution in [2.24, 2.45) is 0 Å². The Hall–Kier alpha value is -2.12. The van der Waals surface area contributed by atoms with E-state index in [9.17, 15) is 9.59 Å². The highest BCUT2D eigenvalue weighted by molar-refractivity contribution is 5.80. The molecule has 0 aromatic carbocycles. The SMILES string of the molecule is COC(=O)N[C@@H](Cc1cn[nH]n1)C(=O)O. The number of nitrogens with one attached hydrogen (secondary N) is 2.